The number of furan rings is 1. The van der Waals surface area contributed by atoms with Gasteiger partial charge in [-0.25, -0.2) is 0 Å². The predicted octanol–water partition coefficient (Wildman–Crippen LogP) is 17.8. The fraction of sp³-hybridized carbons (Fsp3) is 0.0938. The minimum absolute atomic E-state index is 0.118. The van der Waals surface area contributed by atoms with E-state index in [2.05, 4.69) is 222 Å². The van der Waals surface area contributed by atoms with E-state index < -0.39 is 0 Å². The van der Waals surface area contributed by atoms with Gasteiger partial charge >= 0.3 is 0 Å². The maximum absolute atomic E-state index is 6.76. The van der Waals surface area contributed by atoms with Crippen molar-refractivity contribution in [2.45, 2.75) is 38.5 Å². The van der Waals surface area contributed by atoms with Crippen LogP contribution < -0.4 is 0 Å². The largest absolute Gasteiger partial charge is 0.456 e. The van der Waals surface area contributed by atoms with Crippen molar-refractivity contribution in [1.29, 1.82) is 0 Å². The summed E-state index contributed by atoms with van der Waals surface area (Å²) in [5, 5.41) is 12.5. The minimum Gasteiger partial charge on any atom is -0.456 e. The molecule has 65 heavy (non-hydrogen) atoms. The molecule has 0 spiro atoms. The topological polar surface area (TPSA) is 13.1 Å². The summed E-state index contributed by atoms with van der Waals surface area (Å²) in [6.45, 7) is 9.48. The minimum atomic E-state index is -0.171. The SMILES string of the molecule is CC1(C)c2ccc(-c3ccc4c(c3)oc3cc5c(cc34)-c3cc4ccccc4cc3C5(C)C)cc2-c2ccc(-c3c4ccccc4c(-c4cccc5ccccc45)c4ccccc34)cc21. The summed E-state index contributed by atoms with van der Waals surface area (Å²) in [6.07, 6.45) is 0. The van der Waals surface area contributed by atoms with Gasteiger partial charge < -0.3 is 4.42 Å². The van der Waals surface area contributed by atoms with Gasteiger partial charge in [0.05, 0.1) is 0 Å². The Morgan fingerprint density at radius 1 is 0.277 bits per heavy atom. The normalized spacial score (nSPS) is 14.4. The first kappa shape index (κ1) is 36.7. The molecule has 12 aromatic rings. The summed E-state index contributed by atoms with van der Waals surface area (Å²) in [5.41, 5.74) is 19.8. The molecular weight excluding hydrogens is 785 g/mol. The second-order valence-corrected chi connectivity index (χ2v) is 19.6. The quantitative estimate of drug-likeness (QED) is 0.162. The van der Waals surface area contributed by atoms with Gasteiger partial charge in [0.25, 0.3) is 0 Å². The molecule has 2 aliphatic carbocycles. The van der Waals surface area contributed by atoms with Crippen LogP contribution >= 0.6 is 0 Å². The number of rotatable bonds is 3. The van der Waals surface area contributed by atoms with Crippen LogP contribution in [0, 0.1) is 0 Å². The van der Waals surface area contributed by atoms with Crippen LogP contribution in [-0.2, 0) is 10.8 Å². The van der Waals surface area contributed by atoms with Crippen molar-refractivity contribution in [3.05, 3.63) is 216 Å². The molecule has 306 valence electrons. The second-order valence-electron chi connectivity index (χ2n) is 19.6. The van der Waals surface area contributed by atoms with Gasteiger partial charge in [-0.15, -0.1) is 0 Å². The van der Waals surface area contributed by atoms with E-state index in [4.69, 9.17) is 4.42 Å². The highest BCUT2D eigenvalue weighted by Crippen LogP contribution is 2.54. The summed E-state index contributed by atoms with van der Waals surface area (Å²) in [4.78, 5) is 0. The lowest BCUT2D eigenvalue weighted by Crippen LogP contribution is -2.15. The van der Waals surface area contributed by atoms with Crippen LogP contribution in [0.4, 0.5) is 0 Å². The van der Waals surface area contributed by atoms with Crippen LogP contribution in [0.3, 0.4) is 0 Å². The van der Waals surface area contributed by atoms with Gasteiger partial charge in [0.15, 0.2) is 0 Å². The summed E-state index contributed by atoms with van der Waals surface area (Å²) in [7, 11) is 0. The van der Waals surface area contributed by atoms with Crippen molar-refractivity contribution in [1.82, 2.24) is 0 Å². The fourth-order valence-electron chi connectivity index (χ4n) is 12.1. The molecule has 1 heterocycles. The molecule has 14 rings (SSSR count). The lowest BCUT2D eigenvalue weighted by Gasteiger charge is -2.23. The van der Waals surface area contributed by atoms with E-state index >= 15 is 0 Å². The van der Waals surface area contributed by atoms with E-state index in [-0.39, 0.29) is 10.8 Å². The van der Waals surface area contributed by atoms with Crippen LogP contribution in [0.5, 0.6) is 0 Å². The van der Waals surface area contributed by atoms with E-state index in [0.717, 1.165) is 22.1 Å². The lowest BCUT2D eigenvalue weighted by atomic mass is 9.80. The molecule has 0 saturated heterocycles. The molecule has 0 saturated carbocycles. The Bertz CT molecular complexity index is 4000. The average molecular weight is 829 g/mol. The zero-order valence-electron chi connectivity index (χ0n) is 36.9. The predicted molar refractivity (Wildman–Crippen MR) is 275 cm³/mol. The molecule has 1 aromatic heterocycles. The summed E-state index contributed by atoms with van der Waals surface area (Å²) >= 11 is 0. The van der Waals surface area contributed by atoms with Crippen molar-refractivity contribution in [2.75, 3.05) is 0 Å². The Labute approximate surface area is 378 Å². The number of hydrogen-bond donors (Lipinski definition) is 0. The third-order valence-electron chi connectivity index (χ3n) is 15.4. The molecule has 1 heteroatoms. The smallest absolute Gasteiger partial charge is 0.136 e. The van der Waals surface area contributed by atoms with Crippen molar-refractivity contribution in [3.63, 3.8) is 0 Å². The maximum atomic E-state index is 6.76. The standard InChI is InChI=1S/C64H44O/c1-63(2)55-29-26-40(41-24-28-45-54-35-53-52-30-38-15-5-6-16-39(38)32-57(52)64(3,4)58(53)36-60(54)65-59(45)34-41)31-51(55)44-27-25-42(33-56(44)63)61-47-19-9-11-21-49(47)62(50-22-12-10-20-48(50)61)46-23-13-17-37-14-7-8-18-43(37)46/h5-36H,1-4H3. The molecule has 0 bridgehead atoms. The summed E-state index contributed by atoms with van der Waals surface area (Å²) in [6, 6.07) is 72.8. The fourth-order valence-corrected chi connectivity index (χ4v) is 12.1. The second kappa shape index (κ2) is 12.9. The lowest BCUT2D eigenvalue weighted by molar-refractivity contribution is 0.648. The van der Waals surface area contributed by atoms with Crippen LogP contribution in [0.1, 0.15) is 49.9 Å². The molecule has 0 radical (unpaired) electrons. The monoisotopic (exact) mass is 828 g/mol. The van der Waals surface area contributed by atoms with Crippen molar-refractivity contribution in [2.24, 2.45) is 0 Å². The molecule has 0 atom stereocenters. The van der Waals surface area contributed by atoms with E-state index in [0.29, 0.717) is 0 Å². The highest BCUT2D eigenvalue weighted by molar-refractivity contribution is 6.23. The summed E-state index contributed by atoms with van der Waals surface area (Å²) in [5.74, 6) is 0. The van der Waals surface area contributed by atoms with Gasteiger partial charge in [-0.3, -0.25) is 0 Å². The van der Waals surface area contributed by atoms with Gasteiger partial charge in [0.1, 0.15) is 11.2 Å². The Kier molecular flexibility index (Phi) is 7.30. The first-order valence-electron chi connectivity index (χ1n) is 23.0. The molecule has 2 aliphatic rings. The van der Waals surface area contributed by atoms with E-state index in [1.807, 2.05) is 0 Å². The Hall–Kier alpha value is -7.74. The average Bonchev–Trinajstić information content (AvgIpc) is 3.89. The van der Waals surface area contributed by atoms with E-state index in [1.165, 1.54) is 121 Å². The maximum Gasteiger partial charge on any atom is 0.136 e. The molecule has 0 N–H and O–H groups in total. The van der Waals surface area contributed by atoms with Crippen molar-refractivity contribution >= 4 is 65.0 Å². The number of benzene rings is 11. The molecular formula is C64H44O. The first-order chi connectivity index (χ1) is 31.7. The Balaban J connectivity index is 0.878. The highest BCUT2D eigenvalue weighted by atomic mass is 16.3. The van der Waals surface area contributed by atoms with E-state index in [9.17, 15) is 0 Å². The van der Waals surface area contributed by atoms with Gasteiger partial charge in [0, 0.05) is 21.6 Å². The molecule has 0 unspecified atom stereocenters. The molecule has 0 fully saturated rings. The third kappa shape index (κ3) is 5.04. The third-order valence-corrected chi connectivity index (χ3v) is 15.4. The number of hydrogen-bond acceptors (Lipinski definition) is 1. The van der Waals surface area contributed by atoms with Gasteiger partial charge in [-0.2, -0.15) is 0 Å². The van der Waals surface area contributed by atoms with Crippen molar-refractivity contribution < 1.29 is 4.42 Å². The summed E-state index contributed by atoms with van der Waals surface area (Å²) < 4.78 is 6.76. The molecule has 1 nitrogen and oxygen atoms in total. The van der Waals surface area contributed by atoms with Crippen LogP contribution in [0.25, 0.3) is 121 Å². The van der Waals surface area contributed by atoms with Gasteiger partial charge in [0.2, 0.25) is 0 Å². The molecule has 11 aromatic carbocycles. The Morgan fingerprint density at radius 3 is 1.55 bits per heavy atom. The molecule has 0 aliphatic heterocycles. The zero-order valence-corrected chi connectivity index (χ0v) is 36.9. The molecule has 0 amide bonds. The van der Waals surface area contributed by atoms with Crippen LogP contribution in [0.15, 0.2) is 199 Å². The van der Waals surface area contributed by atoms with Gasteiger partial charge in [-0.1, -0.05) is 173 Å². The Morgan fingerprint density at radius 2 is 0.800 bits per heavy atom. The number of fused-ring (bicyclic) bond motifs is 13. The van der Waals surface area contributed by atoms with Crippen LogP contribution in [-0.4, -0.2) is 0 Å². The van der Waals surface area contributed by atoms with Crippen LogP contribution in [0.2, 0.25) is 0 Å². The van der Waals surface area contributed by atoms with Crippen molar-refractivity contribution in [3.8, 4) is 55.6 Å². The van der Waals surface area contributed by atoms with Gasteiger partial charge in [-0.05, 0) is 170 Å². The van der Waals surface area contributed by atoms with E-state index in [1.54, 1.807) is 0 Å². The zero-order chi connectivity index (χ0) is 43.3. The highest BCUT2D eigenvalue weighted by Gasteiger charge is 2.38. The first-order valence-corrected chi connectivity index (χ1v) is 23.0.